The lowest BCUT2D eigenvalue weighted by molar-refractivity contribution is 0.414. The Hall–Kier alpha value is -1.81. The van der Waals surface area contributed by atoms with Gasteiger partial charge < -0.3 is 10.1 Å². The molecule has 100 valence electrons. The molecule has 0 amide bonds. The lowest BCUT2D eigenvalue weighted by Gasteiger charge is -2.09. The van der Waals surface area contributed by atoms with Crippen LogP contribution in [0.2, 0.25) is 0 Å². The van der Waals surface area contributed by atoms with Gasteiger partial charge in [-0.1, -0.05) is 12.1 Å². The Balaban J connectivity index is 1.69. The number of rotatable bonds is 6. The van der Waals surface area contributed by atoms with Gasteiger partial charge in [-0.15, -0.1) is 0 Å². The van der Waals surface area contributed by atoms with Crippen molar-refractivity contribution >= 4 is 0 Å². The molecule has 0 radical (unpaired) electrons. The zero-order valence-electron chi connectivity index (χ0n) is 11.2. The maximum absolute atomic E-state index is 5.25. The molecule has 0 bridgehead atoms. The summed E-state index contributed by atoms with van der Waals surface area (Å²) in [6.45, 7) is 1.68. The summed E-state index contributed by atoms with van der Waals surface area (Å²) in [5, 5.41) is 7.92. The van der Waals surface area contributed by atoms with Crippen LogP contribution in [-0.2, 0) is 13.1 Å². The van der Waals surface area contributed by atoms with Crippen LogP contribution in [0, 0.1) is 0 Å². The highest BCUT2D eigenvalue weighted by molar-refractivity contribution is 5.28. The van der Waals surface area contributed by atoms with E-state index in [9.17, 15) is 0 Å². The lowest BCUT2D eigenvalue weighted by atomic mass is 10.2. The van der Waals surface area contributed by atoms with E-state index in [-0.39, 0.29) is 0 Å². The minimum Gasteiger partial charge on any atom is -0.497 e. The predicted molar refractivity (Wildman–Crippen MR) is 74.2 cm³/mol. The molecule has 19 heavy (non-hydrogen) atoms. The summed E-state index contributed by atoms with van der Waals surface area (Å²) >= 11 is 0. The molecule has 0 aliphatic heterocycles. The van der Waals surface area contributed by atoms with Crippen molar-refractivity contribution < 1.29 is 4.74 Å². The molecule has 1 N–H and O–H groups in total. The van der Waals surface area contributed by atoms with Crippen LogP contribution in [0.5, 0.6) is 5.75 Å². The second kappa shape index (κ2) is 5.45. The summed E-state index contributed by atoms with van der Waals surface area (Å²) < 4.78 is 7.30. The Bertz CT molecular complexity index is 546. The van der Waals surface area contributed by atoms with E-state index < -0.39 is 0 Å². The maximum atomic E-state index is 5.25. The van der Waals surface area contributed by atoms with E-state index >= 15 is 0 Å². The number of hydrogen-bond donors (Lipinski definition) is 1. The molecule has 2 aromatic rings. The van der Waals surface area contributed by atoms with Gasteiger partial charge in [-0.05, 0) is 36.6 Å². The molecule has 1 aromatic carbocycles. The average Bonchev–Trinajstić information content (AvgIpc) is 3.17. The van der Waals surface area contributed by atoms with Crippen LogP contribution in [-0.4, -0.2) is 22.9 Å². The first kappa shape index (κ1) is 12.2. The van der Waals surface area contributed by atoms with E-state index in [4.69, 9.17) is 4.74 Å². The third kappa shape index (κ3) is 3.15. The minimum absolute atomic E-state index is 0.722. The highest BCUT2D eigenvalue weighted by Gasteiger charge is 2.20. The minimum atomic E-state index is 0.722. The highest BCUT2D eigenvalue weighted by Crippen LogP contribution is 2.19. The first-order valence-electron chi connectivity index (χ1n) is 6.72. The third-order valence-corrected chi connectivity index (χ3v) is 3.42. The second-order valence-electron chi connectivity index (χ2n) is 4.99. The summed E-state index contributed by atoms with van der Waals surface area (Å²) in [7, 11) is 1.69. The van der Waals surface area contributed by atoms with Crippen LogP contribution in [0.25, 0.3) is 0 Å². The Labute approximate surface area is 113 Å². The van der Waals surface area contributed by atoms with Crippen LogP contribution in [0.15, 0.2) is 36.5 Å². The Morgan fingerprint density at radius 3 is 3.05 bits per heavy atom. The van der Waals surface area contributed by atoms with Gasteiger partial charge in [0.15, 0.2) is 0 Å². The quantitative estimate of drug-likeness (QED) is 0.862. The molecule has 1 saturated carbocycles. The molecule has 0 atom stereocenters. The first-order valence-corrected chi connectivity index (χ1v) is 6.72. The van der Waals surface area contributed by atoms with Gasteiger partial charge in [0, 0.05) is 18.8 Å². The number of aromatic nitrogens is 2. The van der Waals surface area contributed by atoms with Gasteiger partial charge in [0.2, 0.25) is 0 Å². The Morgan fingerprint density at radius 1 is 1.37 bits per heavy atom. The highest BCUT2D eigenvalue weighted by atomic mass is 16.5. The average molecular weight is 257 g/mol. The van der Waals surface area contributed by atoms with Crippen molar-refractivity contribution in [2.24, 2.45) is 0 Å². The smallest absolute Gasteiger partial charge is 0.119 e. The molecule has 0 saturated heterocycles. The van der Waals surface area contributed by atoms with Gasteiger partial charge in [0.25, 0.3) is 0 Å². The fourth-order valence-corrected chi connectivity index (χ4v) is 2.13. The standard InChI is InChI=1S/C15H19N3O/c1-19-15-4-2-3-12(9-15)11-18-14(7-8-17-18)10-16-13-5-6-13/h2-4,7-9,13,16H,5-6,10-11H2,1H3. The number of benzene rings is 1. The zero-order valence-corrected chi connectivity index (χ0v) is 11.2. The summed E-state index contributed by atoms with van der Waals surface area (Å²) in [5.41, 5.74) is 2.44. The van der Waals surface area contributed by atoms with Gasteiger partial charge in [-0.25, -0.2) is 0 Å². The summed E-state index contributed by atoms with van der Waals surface area (Å²) in [6.07, 6.45) is 4.48. The molecular formula is C15H19N3O. The fourth-order valence-electron chi connectivity index (χ4n) is 2.13. The van der Waals surface area contributed by atoms with Gasteiger partial charge in [0.1, 0.15) is 5.75 Å². The molecule has 1 aliphatic carbocycles. The monoisotopic (exact) mass is 257 g/mol. The van der Waals surface area contributed by atoms with Gasteiger partial charge >= 0.3 is 0 Å². The first-order chi connectivity index (χ1) is 9.35. The molecule has 3 rings (SSSR count). The summed E-state index contributed by atoms with van der Waals surface area (Å²) in [4.78, 5) is 0. The number of nitrogens with zero attached hydrogens (tertiary/aromatic N) is 2. The van der Waals surface area contributed by atoms with Crippen molar-refractivity contribution in [3.8, 4) is 5.75 Å². The van der Waals surface area contributed by atoms with E-state index in [0.717, 1.165) is 24.9 Å². The Morgan fingerprint density at radius 2 is 2.26 bits per heavy atom. The predicted octanol–water partition coefficient (Wildman–Crippen LogP) is 2.19. The SMILES string of the molecule is COc1cccc(Cn2nccc2CNC2CC2)c1. The number of methoxy groups -OCH3 is 1. The largest absolute Gasteiger partial charge is 0.497 e. The molecular weight excluding hydrogens is 238 g/mol. The topological polar surface area (TPSA) is 39.1 Å². The van der Waals surface area contributed by atoms with Crippen molar-refractivity contribution in [1.82, 2.24) is 15.1 Å². The zero-order chi connectivity index (χ0) is 13.1. The molecule has 0 unspecified atom stereocenters. The van der Waals surface area contributed by atoms with Crippen LogP contribution < -0.4 is 10.1 Å². The number of nitrogens with one attached hydrogen (secondary N) is 1. The van der Waals surface area contributed by atoms with Crippen LogP contribution >= 0.6 is 0 Å². The summed E-state index contributed by atoms with van der Waals surface area (Å²) in [5.74, 6) is 0.891. The van der Waals surface area contributed by atoms with Crippen molar-refractivity contribution in [2.75, 3.05) is 7.11 Å². The Kier molecular flexibility index (Phi) is 3.51. The van der Waals surface area contributed by atoms with Gasteiger partial charge in [0.05, 0.1) is 19.3 Å². The number of hydrogen-bond acceptors (Lipinski definition) is 3. The van der Waals surface area contributed by atoms with Gasteiger partial charge in [-0.3, -0.25) is 4.68 Å². The third-order valence-electron chi connectivity index (χ3n) is 3.42. The molecule has 1 heterocycles. The lowest BCUT2D eigenvalue weighted by Crippen LogP contribution is -2.18. The molecule has 1 fully saturated rings. The number of ether oxygens (including phenoxy) is 1. The van der Waals surface area contributed by atoms with Crippen LogP contribution in [0.1, 0.15) is 24.1 Å². The van der Waals surface area contributed by atoms with E-state index in [1.165, 1.54) is 24.1 Å². The molecule has 0 spiro atoms. The fraction of sp³-hybridized carbons (Fsp3) is 0.400. The molecule has 4 nitrogen and oxygen atoms in total. The van der Waals surface area contributed by atoms with Crippen molar-refractivity contribution in [3.05, 3.63) is 47.8 Å². The van der Waals surface area contributed by atoms with Gasteiger partial charge in [-0.2, -0.15) is 5.10 Å². The van der Waals surface area contributed by atoms with E-state index in [1.807, 2.05) is 23.0 Å². The van der Waals surface area contributed by atoms with E-state index in [0.29, 0.717) is 0 Å². The van der Waals surface area contributed by atoms with E-state index in [1.54, 1.807) is 7.11 Å². The molecule has 4 heteroatoms. The maximum Gasteiger partial charge on any atom is 0.119 e. The molecule has 1 aliphatic rings. The second-order valence-corrected chi connectivity index (χ2v) is 4.99. The van der Waals surface area contributed by atoms with Crippen molar-refractivity contribution in [3.63, 3.8) is 0 Å². The van der Waals surface area contributed by atoms with E-state index in [2.05, 4.69) is 28.6 Å². The van der Waals surface area contributed by atoms with Crippen molar-refractivity contribution in [2.45, 2.75) is 32.0 Å². The normalized spacial score (nSPS) is 14.6. The molecule has 1 aromatic heterocycles. The van der Waals surface area contributed by atoms with Crippen molar-refractivity contribution in [1.29, 1.82) is 0 Å². The van der Waals surface area contributed by atoms with Crippen LogP contribution in [0.4, 0.5) is 0 Å². The van der Waals surface area contributed by atoms with Crippen LogP contribution in [0.3, 0.4) is 0 Å². The summed E-state index contributed by atoms with van der Waals surface area (Å²) in [6, 6.07) is 10.9.